The molecule has 190 valence electrons. The van der Waals surface area contributed by atoms with Crippen LogP contribution in [0.5, 0.6) is 0 Å². The van der Waals surface area contributed by atoms with E-state index in [1.54, 1.807) is 6.20 Å². The molecule has 35 heavy (non-hydrogen) atoms. The van der Waals surface area contributed by atoms with Crippen molar-refractivity contribution in [1.82, 2.24) is 26.3 Å². The molecular formula is C29H43N5O. The lowest BCUT2D eigenvalue weighted by molar-refractivity contribution is -0.122. The van der Waals surface area contributed by atoms with Crippen molar-refractivity contribution in [2.24, 2.45) is 0 Å². The number of hydrogen-bond donors (Lipinski definition) is 4. The van der Waals surface area contributed by atoms with Gasteiger partial charge in [-0.05, 0) is 86.9 Å². The Morgan fingerprint density at radius 1 is 1.03 bits per heavy atom. The van der Waals surface area contributed by atoms with Crippen molar-refractivity contribution in [3.8, 4) is 0 Å². The first-order valence-corrected chi connectivity index (χ1v) is 13.7. The fraction of sp³-hybridized carbons (Fsp3) is 0.586. The molecule has 4 N–H and O–H groups in total. The molecule has 0 aliphatic heterocycles. The first-order chi connectivity index (χ1) is 17.2. The molecule has 2 atom stereocenters. The van der Waals surface area contributed by atoms with E-state index in [1.165, 1.54) is 61.6 Å². The molecule has 1 aromatic carbocycles. The van der Waals surface area contributed by atoms with E-state index in [9.17, 15) is 4.79 Å². The highest BCUT2D eigenvalue weighted by Crippen LogP contribution is 2.34. The van der Waals surface area contributed by atoms with E-state index in [0.717, 1.165) is 37.8 Å². The predicted molar refractivity (Wildman–Crippen MR) is 142 cm³/mol. The third-order valence-electron chi connectivity index (χ3n) is 7.61. The molecule has 0 radical (unpaired) electrons. The number of carbonyl (C=O) groups is 1. The Bertz CT molecular complexity index is 913. The van der Waals surface area contributed by atoms with Gasteiger partial charge in [0.2, 0.25) is 5.91 Å². The molecule has 6 nitrogen and oxygen atoms in total. The number of hydrogen-bond acceptors (Lipinski definition) is 5. The van der Waals surface area contributed by atoms with Crippen LogP contribution in [0.4, 0.5) is 0 Å². The van der Waals surface area contributed by atoms with Gasteiger partial charge in [-0.15, -0.1) is 0 Å². The average molecular weight is 478 g/mol. The highest BCUT2D eigenvalue weighted by Gasteiger charge is 2.24. The molecule has 1 fully saturated rings. The maximum atomic E-state index is 12.6. The van der Waals surface area contributed by atoms with E-state index in [1.807, 2.05) is 25.1 Å². The molecule has 1 heterocycles. The molecule has 2 aliphatic rings. The van der Waals surface area contributed by atoms with Crippen molar-refractivity contribution in [1.29, 1.82) is 0 Å². The monoisotopic (exact) mass is 477 g/mol. The SMILES string of the molecule is C[C@H](NCc1ccccn1)C(=O)NCc1cccc2c1CCC2CNCCCNC1CCCCC1. The van der Waals surface area contributed by atoms with Gasteiger partial charge in [0.05, 0.1) is 11.7 Å². The zero-order valence-corrected chi connectivity index (χ0v) is 21.3. The Morgan fingerprint density at radius 3 is 2.74 bits per heavy atom. The summed E-state index contributed by atoms with van der Waals surface area (Å²) in [6.45, 7) is 6.31. The fourth-order valence-corrected chi connectivity index (χ4v) is 5.48. The van der Waals surface area contributed by atoms with E-state index in [0.29, 0.717) is 19.0 Å². The van der Waals surface area contributed by atoms with Gasteiger partial charge < -0.3 is 21.3 Å². The molecule has 1 saturated carbocycles. The van der Waals surface area contributed by atoms with Gasteiger partial charge in [0.1, 0.15) is 0 Å². The van der Waals surface area contributed by atoms with Crippen molar-refractivity contribution in [2.45, 2.75) is 89.4 Å². The van der Waals surface area contributed by atoms with Crippen molar-refractivity contribution < 1.29 is 4.79 Å². The highest BCUT2D eigenvalue weighted by atomic mass is 16.2. The minimum atomic E-state index is -0.265. The normalized spacial score (nSPS) is 18.8. The van der Waals surface area contributed by atoms with Gasteiger partial charge in [0.15, 0.2) is 0 Å². The van der Waals surface area contributed by atoms with Crippen molar-refractivity contribution in [3.63, 3.8) is 0 Å². The van der Waals surface area contributed by atoms with Crippen LogP contribution in [0.2, 0.25) is 0 Å². The summed E-state index contributed by atoms with van der Waals surface area (Å²) >= 11 is 0. The lowest BCUT2D eigenvalue weighted by Crippen LogP contribution is -2.41. The minimum absolute atomic E-state index is 0.0246. The van der Waals surface area contributed by atoms with Gasteiger partial charge in [-0.3, -0.25) is 9.78 Å². The molecule has 0 spiro atoms. The minimum Gasteiger partial charge on any atom is -0.351 e. The number of nitrogens with one attached hydrogen (secondary N) is 4. The lowest BCUT2D eigenvalue weighted by atomic mass is 9.95. The van der Waals surface area contributed by atoms with E-state index in [-0.39, 0.29) is 11.9 Å². The summed E-state index contributed by atoms with van der Waals surface area (Å²) in [5, 5.41) is 13.8. The molecular weight excluding hydrogens is 434 g/mol. The van der Waals surface area contributed by atoms with Crippen LogP contribution in [-0.4, -0.2) is 42.6 Å². The molecule has 2 aromatic rings. The second-order valence-corrected chi connectivity index (χ2v) is 10.2. The van der Waals surface area contributed by atoms with Gasteiger partial charge in [-0.25, -0.2) is 0 Å². The summed E-state index contributed by atoms with van der Waals surface area (Å²) in [5.74, 6) is 0.600. The van der Waals surface area contributed by atoms with E-state index in [4.69, 9.17) is 0 Å². The lowest BCUT2D eigenvalue weighted by Gasteiger charge is -2.22. The van der Waals surface area contributed by atoms with Crippen molar-refractivity contribution in [2.75, 3.05) is 19.6 Å². The summed E-state index contributed by atoms with van der Waals surface area (Å²) in [6, 6.07) is 12.9. The maximum Gasteiger partial charge on any atom is 0.237 e. The van der Waals surface area contributed by atoms with Crippen LogP contribution in [0, 0.1) is 0 Å². The van der Waals surface area contributed by atoms with Gasteiger partial charge >= 0.3 is 0 Å². The Balaban J connectivity index is 1.16. The highest BCUT2D eigenvalue weighted by molar-refractivity contribution is 5.81. The van der Waals surface area contributed by atoms with Gasteiger partial charge in [-0.2, -0.15) is 0 Å². The molecule has 0 bridgehead atoms. The Kier molecular flexibility index (Phi) is 10.1. The number of benzene rings is 1. The van der Waals surface area contributed by atoms with Gasteiger partial charge in [0, 0.05) is 31.9 Å². The number of amides is 1. The quantitative estimate of drug-likeness (QED) is 0.330. The zero-order valence-electron chi connectivity index (χ0n) is 21.3. The second-order valence-electron chi connectivity index (χ2n) is 10.2. The first-order valence-electron chi connectivity index (χ1n) is 13.7. The summed E-state index contributed by atoms with van der Waals surface area (Å²) in [6.07, 6.45) is 12.2. The van der Waals surface area contributed by atoms with Crippen LogP contribution in [0.1, 0.15) is 80.2 Å². The summed E-state index contributed by atoms with van der Waals surface area (Å²) < 4.78 is 0. The fourth-order valence-electron chi connectivity index (χ4n) is 5.48. The molecule has 4 rings (SSSR count). The first kappa shape index (κ1) is 25.8. The number of nitrogens with zero attached hydrogens (tertiary/aromatic N) is 1. The number of fused-ring (bicyclic) bond motifs is 1. The van der Waals surface area contributed by atoms with Crippen LogP contribution in [0.25, 0.3) is 0 Å². The van der Waals surface area contributed by atoms with Crippen molar-refractivity contribution >= 4 is 5.91 Å². The molecule has 1 aromatic heterocycles. The Morgan fingerprint density at radius 2 is 1.91 bits per heavy atom. The molecule has 1 unspecified atom stereocenters. The largest absolute Gasteiger partial charge is 0.351 e. The zero-order chi connectivity index (χ0) is 24.3. The third-order valence-corrected chi connectivity index (χ3v) is 7.61. The van der Waals surface area contributed by atoms with Crippen LogP contribution in [-0.2, 0) is 24.3 Å². The van der Waals surface area contributed by atoms with E-state index >= 15 is 0 Å². The van der Waals surface area contributed by atoms with Crippen LogP contribution < -0.4 is 21.3 Å². The number of carbonyl (C=O) groups excluding carboxylic acids is 1. The smallest absolute Gasteiger partial charge is 0.237 e. The van der Waals surface area contributed by atoms with Crippen LogP contribution >= 0.6 is 0 Å². The second kappa shape index (κ2) is 13.7. The standard InChI is InChI=1S/C29H43N5O/c1-22(33-21-26-12-5-6-17-32-26)29(35)34-20-23-9-7-13-27-24(14-15-28(23)27)19-30-16-8-18-31-25-10-3-2-4-11-25/h5-7,9,12-13,17,22,24-25,30-31,33H,2-4,8,10-11,14-16,18-21H2,1H3,(H,34,35)/t22-,24?/m0/s1. The molecule has 2 aliphatic carbocycles. The number of aromatic nitrogens is 1. The third kappa shape index (κ3) is 7.86. The van der Waals surface area contributed by atoms with E-state index < -0.39 is 0 Å². The van der Waals surface area contributed by atoms with Crippen molar-refractivity contribution in [3.05, 3.63) is 65.0 Å². The summed E-state index contributed by atoms with van der Waals surface area (Å²) in [4.78, 5) is 16.9. The maximum absolute atomic E-state index is 12.6. The predicted octanol–water partition coefficient (Wildman–Crippen LogP) is 3.81. The van der Waals surface area contributed by atoms with Gasteiger partial charge in [-0.1, -0.05) is 43.5 Å². The number of pyridine rings is 1. The van der Waals surface area contributed by atoms with Crippen LogP contribution in [0.3, 0.4) is 0 Å². The Hall–Kier alpha value is -2.28. The van der Waals surface area contributed by atoms with Gasteiger partial charge in [0.25, 0.3) is 0 Å². The molecule has 1 amide bonds. The molecule has 6 heteroatoms. The topological polar surface area (TPSA) is 78.1 Å². The van der Waals surface area contributed by atoms with Crippen LogP contribution in [0.15, 0.2) is 42.6 Å². The molecule has 0 saturated heterocycles. The average Bonchev–Trinajstić information content (AvgIpc) is 3.32. The summed E-state index contributed by atoms with van der Waals surface area (Å²) in [5.41, 5.74) is 5.10. The van der Waals surface area contributed by atoms with E-state index in [2.05, 4.69) is 44.5 Å². The Labute approximate surface area is 211 Å². The number of rotatable bonds is 13. The summed E-state index contributed by atoms with van der Waals surface area (Å²) in [7, 11) is 0.